The number of esters is 1. The maximum Gasteiger partial charge on any atom is 0.411 e. The maximum absolute atomic E-state index is 12.9. The summed E-state index contributed by atoms with van der Waals surface area (Å²) in [5.74, 6) is -1.20. The van der Waals surface area contributed by atoms with Crippen molar-refractivity contribution >= 4 is 24.1 Å². The minimum atomic E-state index is -0.821. The summed E-state index contributed by atoms with van der Waals surface area (Å²) in [6.07, 6.45) is 0.678. The van der Waals surface area contributed by atoms with E-state index in [9.17, 15) is 19.2 Å². The molecule has 0 saturated carbocycles. The third kappa shape index (κ3) is 6.49. The largest absolute Gasteiger partial charge is 0.462 e. The first-order chi connectivity index (χ1) is 14.6. The predicted molar refractivity (Wildman–Crippen MR) is 116 cm³/mol. The number of ether oxygens (including phenoxy) is 3. The fourth-order valence-electron chi connectivity index (χ4n) is 4.03. The molecule has 0 aromatic carbocycles. The number of carbonyl (C=O) groups excluding carboxylic acids is 4. The lowest BCUT2D eigenvalue weighted by Crippen LogP contribution is -2.51. The Balaban J connectivity index is 2.07. The minimum Gasteiger partial charge on any atom is -0.462 e. The van der Waals surface area contributed by atoms with Crippen LogP contribution in [0.15, 0.2) is 0 Å². The Hall–Kier alpha value is -2.52. The third-order valence-electron chi connectivity index (χ3n) is 5.40. The number of hydrogen-bond acceptors (Lipinski definition) is 7. The van der Waals surface area contributed by atoms with E-state index in [4.69, 9.17) is 19.9 Å². The van der Waals surface area contributed by atoms with Crippen LogP contribution in [0.3, 0.4) is 0 Å². The molecule has 32 heavy (non-hydrogen) atoms. The van der Waals surface area contributed by atoms with Crippen LogP contribution < -0.4 is 5.73 Å². The Morgan fingerprint density at radius 1 is 0.812 bits per heavy atom. The fraction of sp³-hybridized carbons (Fsp3) is 0.818. The molecular weight excluding hydrogens is 418 g/mol. The average molecular weight is 456 g/mol. The SMILES string of the molecule is CC1CC[C@@H](C(=O)OC[C@H]2CCC(C(N)=O)N2C(=O)OC(C)(C)C)N1C(=O)OC(C)(C)C. The number of nitrogens with zero attached hydrogens (tertiary/aromatic N) is 2. The molecule has 182 valence electrons. The van der Waals surface area contributed by atoms with Gasteiger partial charge in [-0.15, -0.1) is 0 Å². The third-order valence-corrected chi connectivity index (χ3v) is 5.40. The van der Waals surface area contributed by atoms with E-state index in [1.165, 1.54) is 9.80 Å². The van der Waals surface area contributed by atoms with Crippen molar-refractivity contribution in [2.45, 2.75) is 110 Å². The Kier molecular flexibility index (Phi) is 7.67. The molecule has 2 aliphatic rings. The van der Waals surface area contributed by atoms with Crippen molar-refractivity contribution in [3.63, 3.8) is 0 Å². The quantitative estimate of drug-likeness (QED) is 0.509. The Bertz CT molecular complexity index is 741. The molecule has 4 atom stereocenters. The van der Waals surface area contributed by atoms with Crippen LogP contribution in [0.4, 0.5) is 9.59 Å². The summed E-state index contributed by atoms with van der Waals surface area (Å²) in [6.45, 7) is 12.2. The normalized spacial score (nSPS) is 26.1. The van der Waals surface area contributed by atoms with Crippen LogP contribution in [-0.2, 0) is 23.8 Å². The van der Waals surface area contributed by atoms with E-state index in [-0.39, 0.29) is 12.6 Å². The van der Waals surface area contributed by atoms with E-state index in [0.717, 1.165) is 0 Å². The molecule has 2 heterocycles. The molecule has 2 unspecified atom stereocenters. The molecule has 10 nitrogen and oxygen atoms in total. The van der Waals surface area contributed by atoms with Crippen molar-refractivity contribution < 1.29 is 33.4 Å². The molecule has 0 spiro atoms. The molecule has 2 aliphatic heterocycles. The summed E-state index contributed by atoms with van der Waals surface area (Å²) in [7, 11) is 0. The Morgan fingerprint density at radius 3 is 1.81 bits per heavy atom. The molecule has 3 amide bonds. The van der Waals surface area contributed by atoms with Gasteiger partial charge in [-0.1, -0.05) is 0 Å². The molecule has 2 rings (SSSR count). The van der Waals surface area contributed by atoms with Crippen LogP contribution in [-0.4, -0.2) is 75.8 Å². The molecular formula is C22H37N3O7. The van der Waals surface area contributed by atoms with Gasteiger partial charge in [-0.2, -0.15) is 0 Å². The van der Waals surface area contributed by atoms with Gasteiger partial charge in [0.15, 0.2) is 0 Å². The summed E-state index contributed by atoms with van der Waals surface area (Å²) in [4.78, 5) is 52.7. The van der Waals surface area contributed by atoms with Gasteiger partial charge in [0.05, 0.1) is 6.04 Å². The standard InChI is InChI=1S/C22H37N3O7/c1-13-8-10-16(24(13)19(28)31-21(2,3)4)18(27)30-12-14-9-11-15(17(23)26)25(14)20(29)32-22(5,6)7/h13-16H,8-12H2,1-7H3,(H2,23,26)/t13?,14-,15?,16+/m1/s1. The van der Waals surface area contributed by atoms with E-state index in [2.05, 4.69) is 0 Å². The second-order valence-electron chi connectivity index (χ2n) is 10.5. The highest BCUT2D eigenvalue weighted by Crippen LogP contribution is 2.29. The van der Waals surface area contributed by atoms with Gasteiger partial charge < -0.3 is 19.9 Å². The van der Waals surface area contributed by atoms with Crippen LogP contribution in [0.2, 0.25) is 0 Å². The lowest BCUT2D eigenvalue weighted by Gasteiger charge is -2.32. The average Bonchev–Trinajstić information content (AvgIpc) is 3.20. The summed E-state index contributed by atoms with van der Waals surface area (Å²) in [5, 5.41) is 0. The lowest BCUT2D eigenvalue weighted by atomic mass is 10.2. The molecule has 0 bridgehead atoms. The summed E-state index contributed by atoms with van der Waals surface area (Å²) in [6, 6.07) is -2.28. The monoisotopic (exact) mass is 455 g/mol. The first kappa shape index (κ1) is 25.7. The van der Waals surface area contributed by atoms with Crippen LogP contribution in [0.1, 0.15) is 74.1 Å². The van der Waals surface area contributed by atoms with Gasteiger partial charge >= 0.3 is 18.2 Å². The van der Waals surface area contributed by atoms with Gasteiger partial charge in [0.2, 0.25) is 5.91 Å². The van der Waals surface area contributed by atoms with E-state index in [1.807, 2.05) is 6.92 Å². The summed E-state index contributed by atoms with van der Waals surface area (Å²) < 4.78 is 16.4. The van der Waals surface area contributed by atoms with E-state index < -0.39 is 53.4 Å². The molecule has 0 radical (unpaired) electrons. The number of carbonyl (C=O) groups is 4. The van der Waals surface area contributed by atoms with Gasteiger partial charge in [0.1, 0.15) is 29.9 Å². The Labute approximate surface area is 189 Å². The number of primary amides is 1. The van der Waals surface area contributed by atoms with Crippen molar-refractivity contribution in [1.82, 2.24) is 9.80 Å². The number of amides is 3. The van der Waals surface area contributed by atoms with Gasteiger partial charge in [0, 0.05) is 6.04 Å². The fourth-order valence-corrected chi connectivity index (χ4v) is 4.03. The van der Waals surface area contributed by atoms with E-state index in [0.29, 0.717) is 25.7 Å². The zero-order chi connectivity index (χ0) is 24.4. The highest BCUT2D eigenvalue weighted by molar-refractivity contribution is 5.85. The van der Waals surface area contributed by atoms with Crippen molar-refractivity contribution in [3.8, 4) is 0 Å². The van der Waals surface area contributed by atoms with Crippen molar-refractivity contribution in [1.29, 1.82) is 0 Å². The van der Waals surface area contributed by atoms with Crippen LogP contribution >= 0.6 is 0 Å². The zero-order valence-corrected chi connectivity index (χ0v) is 20.2. The number of hydrogen-bond donors (Lipinski definition) is 1. The first-order valence-corrected chi connectivity index (χ1v) is 11.1. The van der Waals surface area contributed by atoms with E-state index in [1.54, 1.807) is 41.5 Å². The minimum absolute atomic E-state index is 0.116. The molecule has 2 saturated heterocycles. The zero-order valence-electron chi connectivity index (χ0n) is 20.2. The lowest BCUT2D eigenvalue weighted by molar-refractivity contribution is -0.150. The molecule has 0 aromatic heterocycles. The molecule has 0 aromatic rings. The van der Waals surface area contributed by atoms with Crippen LogP contribution in [0, 0.1) is 0 Å². The predicted octanol–water partition coefficient (Wildman–Crippen LogP) is 2.57. The second kappa shape index (κ2) is 9.54. The van der Waals surface area contributed by atoms with Crippen LogP contribution in [0.25, 0.3) is 0 Å². The molecule has 10 heteroatoms. The van der Waals surface area contributed by atoms with Crippen molar-refractivity contribution in [2.75, 3.05) is 6.61 Å². The number of nitrogens with two attached hydrogens (primary N) is 1. The topological polar surface area (TPSA) is 128 Å². The molecule has 0 aliphatic carbocycles. The summed E-state index contributed by atoms with van der Waals surface area (Å²) in [5.41, 5.74) is 4.03. The highest BCUT2D eigenvalue weighted by Gasteiger charge is 2.45. The number of likely N-dealkylation sites (tertiary alicyclic amines) is 2. The van der Waals surface area contributed by atoms with Gasteiger partial charge in [0.25, 0.3) is 0 Å². The smallest absolute Gasteiger partial charge is 0.411 e. The summed E-state index contributed by atoms with van der Waals surface area (Å²) >= 11 is 0. The first-order valence-electron chi connectivity index (χ1n) is 11.1. The molecule has 2 N–H and O–H groups in total. The van der Waals surface area contributed by atoms with Crippen LogP contribution in [0.5, 0.6) is 0 Å². The number of rotatable bonds is 4. The highest BCUT2D eigenvalue weighted by atomic mass is 16.6. The molecule has 2 fully saturated rings. The maximum atomic E-state index is 12.9. The van der Waals surface area contributed by atoms with Gasteiger partial charge in [-0.05, 0) is 74.1 Å². The van der Waals surface area contributed by atoms with E-state index >= 15 is 0 Å². The van der Waals surface area contributed by atoms with Crippen molar-refractivity contribution in [2.24, 2.45) is 5.73 Å². The van der Waals surface area contributed by atoms with Gasteiger partial charge in [-0.3, -0.25) is 14.6 Å². The second-order valence-corrected chi connectivity index (χ2v) is 10.5. The van der Waals surface area contributed by atoms with Gasteiger partial charge in [-0.25, -0.2) is 14.4 Å². The Morgan fingerprint density at radius 2 is 1.31 bits per heavy atom. The van der Waals surface area contributed by atoms with Crippen molar-refractivity contribution in [3.05, 3.63) is 0 Å².